The van der Waals surface area contributed by atoms with Gasteiger partial charge in [0.25, 0.3) is 0 Å². The van der Waals surface area contributed by atoms with Crippen LogP contribution in [-0.4, -0.2) is 40.0 Å². The molecule has 84 valence electrons. The predicted octanol–water partition coefficient (Wildman–Crippen LogP) is 1.81. The van der Waals surface area contributed by atoms with E-state index in [9.17, 15) is 0 Å². The van der Waals surface area contributed by atoms with Crippen LogP contribution in [0.15, 0.2) is 0 Å². The Morgan fingerprint density at radius 3 is 3.27 bits per heavy atom. The maximum absolute atomic E-state index is 5.20. The molecule has 1 aromatic rings. The van der Waals surface area contributed by atoms with Crippen molar-refractivity contribution in [2.45, 2.75) is 18.9 Å². The van der Waals surface area contributed by atoms with Gasteiger partial charge in [0.2, 0.25) is 0 Å². The number of hydrogen-bond donors (Lipinski definition) is 1. The van der Waals surface area contributed by atoms with Crippen molar-refractivity contribution in [1.29, 1.82) is 0 Å². The lowest BCUT2D eigenvalue weighted by Gasteiger charge is -2.10. The van der Waals surface area contributed by atoms with Crippen molar-refractivity contribution in [2.24, 2.45) is 0 Å². The maximum Gasteiger partial charge on any atom is 0.195 e. The lowest BCUT2D eigenvalue weighted by atomic mass is 10.1. The highest BCUT2D eigenvalue weighted by atomic mass is 32.2. The Labute approximate surface area is 98.4 Å². The van der Waals surface area contributed by atoms with Crippen molar-refractivity contribution in [1.82, 2.24) is 14.8 Å². The molecule has 1 atom stereocenters. The summed E-state index contributed by atoms with van der Waals surface area (Å²) >= 11 is 7.19. The van der Waals surface area contributed by atoms with Crippen LogP contribution in [0.3, 0.4) is 0 Å². The van der Waals surface area contributed by atoms with Gasteiger partial charge in [-0.1, -0.05) is 0 Å². The van der Waals surface area contributed by atoms with E-state index in [4.69, 9.17) is 17.0 Å². The van der Waals surface area contributed by atoms with E-state index in [2.05, 4.69) is 14.8 Å². The van der Waals surface area contributed by atoms with Gasteiger partial charge >= 0.3 is 0 Å². The first kappa shape index (κ1) is 11.2. The Morgan fingerprint density at radius 2 is 2.60 bits per heavy atom. The van der Waals surface area contributed by atoms with Crippen LogP contribution in [0.5, 0.6) is 0 Å². The molecule has 0 saturated carbocycles. The summed E-state index contributed by atoms with van der Waals surface area (Å²) in [7, 11) is 1.70. The summed E-state index contributed by atoms with van der Waals surface area (Å²) in [4.78, 5) is 0. The van der Waals surface area contributed by atoms with Crippen LogP contribution in [0, 0.1) is 4.77 Å². The molecule has 1 N–H and O–H groups in total. The number of methoxy groups -OCH3 is 1. The number of hydrogen-bond acceptors (Lipinski definition) is 4. The smallest absolute Gasteiger partial charge is 0.195 e. The second kappa shape index (κ2) is 5.14. The van der Waals surface area contributed by atoms with E-state index in [1.165, 1.54) is 12.2 Å². The van der Waals surface area contributed by atoms with Crippen molar-refractivity contribution < 1.29 is 4.74 Å². The SMILES string of the molecule is COCCn1c(C2CCSC2)n[nH]c1=S. The van der Waals surface area contributed by atoms with E-state index < -0.39 is 0 Å². The van der Waals surface area contributed by atoms with Gasteiger partial charge in [-0.15, -0.1) is 0 Å². The molecule has 4 nitrogen and oxygen atoms in total. The first-order valence-corrected chi connectivity index (χ1v) is 6.61. The van der Waals surface area contributed by atoms with Gasteiger partial charge in [0.05, 0.1) is 6.61 Å². The molecule has 0 radical (unpaired) electrons. The quantitative estimate of drug-likeness (QED) is 0.822. The standard InChI is InChI=1S/C9H15N3OS2/c1-13-4-3-12-8(10-11-9(12)14)7-2-5-15-6-7/h7H,2-6H2,1H3,(H,11,14). The summed E-state index contributed by atoms with van der Waals surface area (Å²) in [6.07, 6.45) is 1.21. The lowest BCUT2D eigenvalue weighted by molar-refractivity contribution is 0.185. The molecule has 1 aliphatic rings. The van der Waals surface area contributed by atoms with E-state index in [0.717, 1.165) is 18.1 Å². The molecule has 15 heavy (non-hydrogen) atoms. The van der Waals surface area contributed by atoms with Crippen LogP contribution >= 0.6 is 24.0 Å². The molecule has 0 aromatic carbocycles. The molecular formula is C9H15N3OS2. The van der Waals surface area contributed by atoms with Crippen LogP contribution in [0.2, 0.25) is 0 Å². The number of ether oxygens (including phenoxy) is 1. The maximum atomic E-state index is 5.20. The van der Waals surface area contributed by atoms with Gasteiger partial charge in [-0.2, -0.15) is 16.9 Å². The fourth-order valence-corrected chi connectivity index (χ4v) is 3.23. The Balaban J connectivity index is 2.18. The molecule has 1 aliphatic heterocycles. The number of thioether (sulfide) groups is 1. The highest BCUT2D eigenvalue weighted by molar-refractivity contribution is 7.99. The minimum absolute atomic E-state index is 0.555. The second-order valence-corrected chi connectivity index (χ2v) is 5.13. The summed E-state index contributed by atoms with van der Waals surface area (Å²) < 4.78 is 7.85. The van der Waals surface area contributed by atoms with E-state index in [1.54, 1.807) is 7.11 Å². The highest BCUT2D eigenvalue weighted by Gasteiger charge is 2.22. The third-order valence-electron chi connectivity index (χ3n) is 2.60. The number of aromatic nitrogens is 3. The molecule has 6 heteroatoms. The zero-order valence-corrected chi connectivity index (χ0v) is 10.4. The lowest BCUT2D eigenvalue weighted by Crippen LogP contribution is -2.12. The van der Waals surface area contributed by atoms with Crippen LogP contribution < -0.4 is 0 Å². The number of rotatable bonds is 4. The molecule has 0 aliphatic carbocycles. The van der Waals surface area contributed by atoms with Crippen molar-refractivity contribution in [3.8, 4) is 0 Å². The molecule has 0 bridgehead atoms. The third-order valence-corrected chi connectivity index (χ3v) is 4.08. The number of aromatic amines is 1. The van der Waals surface area contributed by atoms with Gasteiger partial charge in [-0.3, -0.25) is 5.10 Å². The van der Waals surface area contributed by atoms with Gasteiger partial charge < -0.3 is 9.30 Å². The average Bonchev–Trinajstić information content (AvgIpc) is 2.84. The fraction of sp³-hybridized carbons (Fsp3) is 0.778. The molecule has 1 saturated heterocycles. The van der Waals surface area contributed by atoms with E-state index in [-0.39, 0.29) is 0 Å². The Hall–Kier alpha value is -0.330. The molecule has 0 spiro atoms. The van der Waals surface area contributed by atoms with E-state index >= 15 is 0 Å². The van der Waals surface area contributed by atoms with Gasteiger partial charge in [0.1, 0.15) is 5.82 Å². The number of H-pyrrole nitrogens is 1. The van der Waals surface area contributed by atoms with Crippen LogP contribution in [0.4, 0.5) is 0 Å². The normalized spacial score (nSPS) is 21.0. The average molecular weight is 245 g/mol. The zero-order valence-electron chi connectivity index (χ0n) is 8.73. The summed E-state index contributed by atoms with van der Waals surface area (Å²) in [5.41, 5.74) is 0. The molecule has 0 amide bonds. The number of nitrogens with one attached hydrogen (secondary N) is 1. The van der Waals surface area contributed by atoms with E-state index in [0.29, 0.717) is 17.3 Å². The first-order chi connectivity index (χ1) is 7.33. The molecule has 2 rings (SSSR count). The van der Waals surface area contributed by atoms with E-state index in [1.807, 2.05) is 11.8 Å². The molecule has 1 unspecified atom stereocenters. The van der Waals surface area contributed by atoms with Crippen LogP contribution in [0.1, 0.15) is 18.2 Å². The Kier molecular flexibility index (Phi) is 3.82. The molecular weight excluding hydrogens is 230 g/mol. The minimum atomic E-state index is 0.555. The van der Waals surface area contributed by atoms with Crippen LogP contribution in [0.25, 0.3) is 0 Å². The molecule has 1 fully saturated rings. The topological polar surface area (TPSA) is 42.8 Å². The summed E-state index contributed by atoms with van der Waals surface area (Å²) in [5, 5.41) is 7.20. The third kappa shape index (κ3) is 2.43. The van der Waals surface area contributed by atoms with Crippen molar-refractivity contribution in [3.05, 3.63) is 10.6 Å². The second-order valence-electron chi connectivity index (χ2n) is 3.59. The van der Waals surface area contributed by atoms with Gasteiger partial charge in [-0.25, -0.2) is 0 Å². The van der Waals surface area contributed by atoms with Crippen molar-refractivity contribution >= 4 is 24.0 Å². The largest absolute Gasteiger partial charge is 0.383 e. The van der Waals surface area contributed by atoms with Gasteiger partial charge in [0.15, 0.2) is 4.77 Å². The minimum Gasteiger partial charge on any atom is -0.383 e. The van der Waals surface area contributed by atoms with Crippen molar-refractivity contribution in [3.63, 3.8) is 0 Å². The highest BCUT2D eigenvalue weighted by Crippen LogP contribution is 2.31. The summed E-state index contributed by atoms with van der Waals surface area (Å²) in [6, 6.07) is 0. The Morgan fingerprint density at radius 1 is 1.73 bits per heavy atom. The zero-order chi connectivity index (χ0) is 10.7. The summed E-state index contributed by atoms with van der Waals surface area (Å²) in [5.74, 6) is 4.04. The Bertz CT molecular complexity index is 368. The van der Waals surface area contributed by atoms with Gasteiger partial charge in [-0.05, 0) is 24.4 Å². The predicted molar refractivity (Wildman–Crippen MR) is 64.0 cm³/mol. The molecule has 2 heterocycles. The van der Waals surface area contributed by atoms with Gasteiger partial charge in [0, 0.05) is 25.3 Å². The monoisotopic (exact) mass is 245 g/mol. The number of nitrogens with zero attached hydrogens (tertiary/aromatic N) is 2. The summed E-state index contributed by atoms with van der Waals surface area (Å²) in [6.45, 7) is 1.48. The fourth-order valence-electron chi connectivity index (χ4n) is 1.78. The molecule has 1 aromatic heterocycles. The van der Waals surface area contributed by atoms with Crippen molar-refractivity contribution in [2.75, 3.05) is 25.2 Å². The van der Waals surface area contributed by atoms with Crippen LogP contribution in [-0.2, 0) is 11.3 Å². The first-order valence-electron chi connectivity index (χ1n) is 5.04.